The fourth-order valence-electron chi connectivity index (χ4n) is 1.75. The van der Waals surface area contributed by atoms with Crippen LogP contribution in [-0.4, -0.2) is 36.9 Å². The molecule has 0 heterocycles. The fraction of sp³-hybridized carbons (Fsp3) is 0.900. The summed E-state index contributed by atoms with van der Waals surface area (Å²) in [6.07, 6.45) is 2.71. The molecule has 0 aromatic carbocycles. The summed E-state index contributed by atoms with van der Waals surface area (Å²) in [6, 6.07) is 0. The Morgan fingerprint density at radius 3 is 2.93 bits per heavy atom. The molecule has 0 spiro atoms. The van der Waals surface area contributed by atoms with Crippen LogP contribution in [0, 0.1) is 5.92 Å². The minimum atomic E-state index is -0.234. The predicted octanol–water partition coefficient (Wildman–Crippen LogP) is 0.300. The average molecular weight is 201 g/mol. The molecule has 1 aliphatic rings. The van der Waals surface area contributed by atoms with Gasteiger partial charge < -0.3 is 15.2 Å². The van der Waals surface area contributed by atoms with Gasteiger partial charge in [-0.3, -0.25) is 4.79 Å². The Labute approximate surface area is 84.6 Å². The fourth-order valence-corrected chi connectivity index (χ4v) is 1.75. The van der Waals surface area contributed by atoms with E-state index in [4.69, 9.17) is 4.74 Å². The molecular weight excluding hydrogens is 182 g/mol. The molecule has 0 saturated heterocycles. The number of ether oxygens (including phenoxy) is 1. The van der Waals surface area contributed by atoms with Gasteiger partial charge in [-0.1, -0.05) is 6.42 Å². The van der Waals surface area contributed by atoms with Gasteiger partial charge in [0.1, 0.15) is 6.61 Å². The van der Waals surface area contributed by atoms with Gasteiger partial charge in [0.2, 0.25) is 5.91 Å². The predicted molar refractivity (Wildman–Crippen MR) is 52.9 cm³/mol. The number of nitrogens with one attached hydrogen (secondary N) is 1. The third-order valence-corrected chi connectivity index (χ3v) is 2.62. The normalized spacial score (nSPS) is 26.4. The number of carbonyl (C=O) groups excluding carboxylic acids is 1. The van der Waals surface area contributed by atoms with Crippen LogP contribution in [0.25, 0.3) is 0 Å². The SMILES string of the molecule is CCOCC(=O)NCC1CCCC1O. The van der Waals surface area contributed by atoms with E-state index in [1.165, 1.54) is 0 Å². The number of rotatable bonds is 5. The van der Waals surface area contributed by atoms with Crippen LogP contribution in [0.5, 0.6) is 0 Å². The number of hydrogen-bond acceptors (Lipinski definition) is 3. The van der Waals surface area contributed by atoms with Crippen LogP contribution in [0.1, 0.15) is 26.2 Å². The Morgan fingerprint density at radius 2 is 2.36 bits per heavy atom. The highest BCUT2D eigenvalue weighted by atomic mass is 16.5. The average Bonchev–Trinajstić information content (AvgIpc) is 2.58. The van der Waals surface area contributed by atoms with E-state index in [0.717, 1.165) is 19.3 Å². The molecule has 14 heavy (non-hydrogen) atoms. The highest BCUT2D eigenvalue weighted by Gasteiger charge is 2.25. The smallest absolute Gasteiger partial charge is 0.246 e. The quantitative estimate of drug-likeness (QED) is 0.672. The summed E-state index contributed by atoms with van der Waals surface area (Å²) in [5.74, 6) is 0.145. The van der Waals surface area contributed by atoms with Gasteiger partial charge in [-0.2, -0.15) is 0 Å². The van der Waals surface area contributed by atoms with Crippen LogP contribution in [0.15, 0.2) is 0 Å². The van der Waals surface area contributed by atoms with Gasteiger partial charge in [0.05, 0.1) is 6.10 Å². The summed E-state index contributed by atoms with van der Waals surface area (Å²) in [6.45, 7) is 3.11. The lowest BCUT2D eigenvalue weighted by Crippen LogP contribution is -2.34. The Hall–Kier alpha value is -0.610. The molecule has 1 fully saturated rings. The first-order chi connectivity index (χ1) is 6.74. The molecule has 2 unspecified atom stereocenters. The highest BCUT2D eigenvalue weighted by Crippen LogP contribution is 2.24. The first-order valence-corrected chi connectivity index (χ1v) is 5.26. The van der Waals surface area contributed by atoms with Gasteiger partial charge in [-0.05, 0) is 19.8 Å². The molecule has 1 rings (SSSR count). The largest absolute Gasteiger partial charge is 0.393 e. The van der Waals surface area contributed by atoms with Crippen molar-refractivity contribution < 1.29 is 14.6 Å². The Morgan fingerprint density at radius 1 is 1.57 bits per heavy atom. The van der Waals surface area contributed by atoms with Crippen molar-refractivity contribution in [1.29, 1.82) is 0 Å². The third kappa shape index (κ3) is 3.64. The molecule has 1 amide bonds. The first-order valence-electron chi connectivity index (χ1n) is 5.26. The summed E-state index contributed by atoms with van der Waals surface area (Å²) in [4.78, 5) is 11.1. The molecule has 1 aliphatic carbocycles. The molecule has 1 saturated carbocycles. The van der Waals surface area contributed by atoms with Gasteiger partial charge in [0.25, 0.3) is 0 Å². The number of aliphatic hydroxyl groups is 1. The molecule has 0 aromatic rings. The van der Waals surface area contributed by atoms with Crippen molar-refractivity contribution in [1.82, 2.24) is 5.32 Å². The molecule has 2 N–H and O–H groups in total. The molecule has 0 bridgehead atoms. The minimum absolute atomic E-state index is 0.0917. The van der Waals surface area contributed by atoms with E-state index in [1.54, 1.807) is 0 Å². The highest BCUT2D eigenvalue weighted by molar-refractivity contribution is 5.77. The Bertz CT molecular complexity index is 184. The van der Waals surface area contributed by atoms with Crippen LogP contribution in [0.4, 0.5) is 0 Å². The second-order valence-corrected chi connectivity index (χ2v) is 3.70. The number of carbonyl (C=O) groups is 1. The molecule has 0 aromatic heterocycles. The lowest BCUT2D eigenvalue weighted by molar-refractivity contribution is -0.125. The minimum Gasteiger partial charge on any atom is -0.393 e. The molecule has 4 heteroatoms. The zero-order chi connectivity index (χ0) is 10.4. The van der Waals surface area contributed by atoms with Gasteiger partial charge in [-0.25, -0.2) is 0 Å². The van der Waals surface area contributed by atoms with Crippen LogP contribution >= 0.6 is 0 Å². The number of aliphatic hydroxyl groups excluding tert-OH is 1. The summed E-state index contributed by atoms with van der Waals surface area (Å²) >= 11 is 0. The maximum Gasteiger partial charge on any atom is 0.246 e. The van der Waals surface area contributed by atoms with Crippen LogP contribution < -0.4 is 5.32 Å². The van der Waals surface area contributed by atoms with Crippen molar-refractivity contribution in [3.8, 4) is 0 Å². The topological polar surface area (TPSA) is 58.6 Å². The van der Waals surface area contributed by atoms with E-state index in [-0.39, 0.29) is 24.5 Å². The monoisotopic (exact) mass is 201 g/mol. The summed E-state index contributed by atoms with van der Waals surface area (Å²) in [7, 11) is 0. The standard InChI is InChI=1S/C10H19NO3/c1-2-14-7-10(13)11-6-8-4-3-5-9(8)12/h8-9,12H,2-7H2,1H3,(H,11,13). The number of hydrogen-bond donors (Lipinski definition) is 2. The summed E-state index contributed by atoms with van der Waals surface area (Å²) in [5.41, 5.74) is 0. The molecule has 0 radical (unpaired) electrons. The van der Waals surface area contributed by atoms with Gasteiger partial charge in [0, 0.05) is 19.1 Å². The zero-order valence-corrected chi connectivity index (χ0v) is 8.66. The van der Waals surface area contributed by atoms with Crippen molar-refractivity contribution in [3.63, 3.8) is 0 Å². The Kier molecular flexibility index (Phi) is 4.90. The van der Waals surface area contributed by atoms with Crippen molar-refractivity contribution in [3.05, 3.63) is 0 Å². The lowest BCUT2D eigenvalue weighted by atomic mass is 10.1. The van der Waals surface area contributed by atoms with E-state index in [1.807, 2.05) is 6.92 Å². The molecule has 4 nitrogen and oxygen atoms in total. The van der Waals surface area contributed by atoms with E-state index in [0.29, 0.717) is 13.2 Å². The molecule has 82 valence electrons. The zero-order valence-electron chi connectivity index (χ0n) is 8.66. The molecule has 2 atom stereocenters. The van der Waals surface area contributed by atoms with Crippen LogP contribution in [-0.2, 0) is 9.53 Å². The first kappa shape index (κ1) is 11.5. The van der Waals surface area contributed by atoms with Crippen molar-refractivity contribution in [2.45, 2.75) is 32.3 Å². The second kappa shape index (κ2) is 5.98. The summed E-state index contributed by atoms with van der Waals surface area (Å²) < 4.78 is 4.96. The van der Waals surface area contributed by atoms with E-state index in [2.05, 4.69) is 5.32 Å². The van der Waals surface area contributed by atoms with Crippen molar-refractivity contribution >= 4 is 5.91 Å². The number of amides is 1. The van der Waals surface area contributed by atoms with Gasteiger partial charge in [-0.15, -0.1) is 0 Å². The Balaban J connectivity index is 2.10. The van der Waals surface area contributed by atoms with Crippen molar-refractivity contribution in [2.75, 3.05) is 19.8 Å². The maximum absolute atomic E-state index is 11.1. The van der Waals surface area contributed by atoms with E-state index < -0.39 is 0 Å². The molecular formula is C10H19NO3. The van der Waals surface area contributed by atoms with Gasteiger partial charge >= 0.3 is 0 Å². The maximum atomic E-state index is 11.1. The lowest BCUT2D eigenvalue weighted by Gasteiger charge is -2.14. The third-order valence-electron chi connectivity index (χ3n) is 2.62. The summed E-state index contributed by atoms with van der Waals surface area (Å²) in [5, 5.41) is 12.3. The molecule has 0 aliphatic heterocycles. The van der Waals surface area contributed by atoms with Crippen LogP contribution in [0.2, 0.25) is 0 Å². The second-order valence-electron chi connectivity index (χ2n) is 3.70. The van der Waals surface area contributed by atoms with Crippen molar-refractivity contribution in [2.24, 2.45) is 5.92 Å². The van der Waals surface area contributed by atoms with Gasteiger partial charge in [0.15, 0.2) is 0 Å². The van der Waals surface area contributed by atoms with E-state index >= 15 is 0 Å². The van der Waals surface area contributed by atoms with E-state index in [9.17, 15) is 9.90 Å². The van der Waals surface area contributed by atoms with Crippen LogP contribution in [0.3, 0.4) is 0 Å².